The summed E-state index contributed by atoms with van der Waals surface area (Å²) in [4.78, 5) is 34.6. The monoisotopic (exact) mass is 466 g/mol. The van der Waals surface area contributed by atoms with E-state index in [0.29, 0.717) is 22.0 Å². The molecule has 0 spiro atoms. The van der Waals surface area contributed by atoms with E-state index in [2.05, 4.69) is 37.1 Å². The predicted molar refractivity (Wildman–Crippen MR) is 110 cm³/mol. The van der Waals surface area contributed by atoms with Crippen molar-refractivity contribution in [3.05, 3.63) is 57.5 Å². The molecule has 0 bridgehead atoms. The number of nitrogens with zero attached hydrogens (tertiary/aromatic N) is 1. The number of hydrogen-bond donors (Lipinski definition) is 3. The number of amides is 3. The molecular weight excluding hydrogens is 452 g/mol. The summed E-state index contributed by atoms with van der Waals surface area (Å²) in [6, 6.07) is 11.9. The predicted octanol–water partition coefficient (Wildman–Crippen LogP) is 2.32. The van der Waals surface area contributed by atoms with Gasteiger partial charge >= 0.3 is 11.8 Å². The van der Waals surface area contributed by atoms with Gasteiger partial charge in [0.05, 0.1) is 16.9 Å². The zero-order valence-corrected chi connectivity index (χ0v) is 17.0. The summed E-state index contributed by atoms with van der Waals surface area (Å²) >= 11 is 9.32. The molecular formula is C18H16BrClN4O4. The lowest BCUT2D eigenvalue weighted by molar-refractivity contribution is -0.138. The van der Waals surface area contributed by atoms with Crippen molar-refractivity contribution in [2.45, 2.75) is 0 Å². The first kappa shape index (κ1) is 21.4. The van der Waals surface area contributed by atoms with E-state index < -0.39 is 17.7 Å². The molecule has 3 N–H and O–H groups in total. The third kappa shape index (κ3) is 6.36. The van der Waals surface area contributed by atoms with E-state index in [-0.39, 0.29) is 6.61 Å². The van der Waals surface area contributed by atoms with Gasteiger partial charge in [-0.05, 0) is 30.3 Å². The van der Waals surface area contributed by atoms with Crippen molar-refractivity contribution in [1.29, 1.82) is 0 Å². The summed E-state index contributed by atoms with van der Waals surface area (Å²) in [5, 5.41) is 8.96. The van der Waals surface area contributed by atoms with Gasteiger partial charge in [-0.25, -0.2) is 5.43 Å². The van der Waals surface area contributed by atoms with Gasteiger partial charge < -0.3 is 15.4 Å². The second-order valence-electron chi connectivity index (χ2n) is 5.28. The molecule has 2 aromatic rings. The summed E-state index contributed by atoms with van der Waals surface area (Å²) in [5.74, 6) is -1.77. The molecule has 0 atom stereocenters. The molecule has 0 aliphatic heterocycles. The Morgan fingerprint density at radius 2 is 1.93 bits per heavy atom. The van der Waals surface area contributed by atoms with Gasteiger partial charge in [0, 0.05) is 17.1 Å². The number of nitrogens with one attached hydrogen (secondary N) is 3. The Kier molecular flexibility index (Phi) is 7.97. The standard InChI is InChI=1S/C18H16BrClN4O4/c1-21-17(26)18(27)24-22-9-11-8-12(19)6-7-15(11)28-10-16(25)23-14-5-3-2-4-13(14)20/h2-9H,10H2,1H3,(H,21,26)(H,23,25)(H,24,27)/b22-9-. The molecule has 10 heteroatoms. The number of halogens is 2. The Bertz CT molecular complexity index is 920. The molecule has 8 nitrogen and oxygen atoms in total. The van der Waals surface area contributed by atoms with Gasteiger partial charge in [-0.1, -0.05) is 39.7 Å². The van der Waals surface area contributed by atoms with Crippen LogP contribution in [0.2, 0.25) is 5.02 Å². The first-order chi connectivity index (χ1) is 13.4. The van der Waals surface area contributed by atoms with Crippen LogP contribution in [0.1, 0.15) is 5.56 Å². The molecule has 0 aromatic heterocycles. The van der Waals surface area contributed by atoms with Crippen LogP contribution in [-0.4, -0.2) is 37.6 Å². The first-order valence-corrected chi connectivity index (χ1v) is 9.09. The zero-order valence-electron chi connectivity index (χ0n) is 14.7. The number of ether oxygens (including phenoxy) is 1. The number of benzene rings is 2. The molecule has 2 aromatic carbocycles. The number of para-hydroxylation sites is 1. The minimum Gasteiger partial charge on any atom is -0.483 e. The van der Waals surface area contributed by atoms with Crippen molar-refractivity contribution in [1.82, 2.24) is 10.7 Å². The van der Waals surface area contributed by atoms with Gasteiger partial charge in [0.1, 0.15) is 5.75 Å². The Labute approximate surface area is 174 Å². The fourth-order valence-electron chi connectivity index (χ4n) is 1.97. The number of carbonyl (C=O) groups is 3. The van der Waals surface area contributed by atoms with Gasteiger partial charge in [0.25, 0.3) is 5.91 Å². The van der Waals surface area contributed by atoms with Crippen LogP contribution in [0.4, 0.5) is 5.69 Å². The number of hydrogen-bond acceptors (Lipinski definition) is 5. The highest BCUT2D eigenvalue weighted by Gasteiger charge is 2.11. The average molecular weight is 468 g/mol. The van der Waals surface area contributed by atoms with Crippen molar-refractivity contribution < 1.29 is 19.1 Å². The zero-order chi connectivity index (χ0) is 20.5. The Morgan fingerprint density at radius 3 is 2.64 bits per heavy atom. The maximum atomic E-state index is 12.1. The normalized spacial score (nSPS) is 10.4. The van der Waals surface area contributed by atoms with E-state index in [1.54, 1.807) is 42.5 Å². The number of carbonyl (C=O) groups excluding carboxylic acids is 3. The van der Waals surface area contributed by atoms with E-state index >= 15 is 0 Å². The lowest BCUT2D eigenvalue weighted by Gasteiger charge is -2.11. The number of rotatable bonds is 6. The van der Waals surface area contributed by atoms with Crippen LogP contribution in [0.3, 0.4) is 0 Å². The molecule has 3 amide bonds. The van der Waals surface area contributed by atoms with Crippen molar-refractivity contribution in [3.8, 4) is 5.75 Å². The second kappa shape index (κ2) is 10.4. The third-order valence-electron chi connectivity index (χ3n) is 3.28. The van der Waals surface area contributed by atoms with Crippen LogP contribution >= 0.6 is 27.5 Å². The van der Waals surface area contributed by atoms with E-state index in [1.807, 2.05) is 0 Å². The van der Waals surface area contributed by atoms with Gasteiger partial charge in [0.2, 0.25) is 0 Å². The van der Waals surface area contributed by atoms with Crippen LogP contribution in [0.5, 0.6) is 5.75 Å². The smallest absolute Gasteiger partial charge is 0.329 e. The minimum atomic E-state index is -0.907. The van der Waals surface area contributed by atoms with E-state index in [4.69, 9.17) is 16.3 Å². The van der Waals surface area contributed by atoms with Gasteiger partial charge in [0.15, 0.2) is 6.61 Å². The highest BCUT2D eigenvalue weighted by molar-refractivity contribution is 9.10. The van der Waals surface area contributed by atoms with Crippen molar-refractivity contribution >= 4 is 57.2 Å². The van der Waals surface area contributed by atoms with Gasteiger partial charge in [-0.2, -0.15) is 5.10 Å². The Balaban J connectivity index is 2.01. The number of likely N-dealkylation sites (N-methyl/N-ethyl adjacent to an activating group) is 1. The largest absolute Gasteiger partial charge is 0.483 e. The van der Waals surface area contributed by atoms with Gasteiger partial charge in [-0.3, -0.25) is 14.4 Å². The first-order valence-electron chi connectivity index (χ1n) is 7.92. The molecule has 0 unspecified atom stereocenters. The van der Waals surface area contributed by atoms with Crippen molar-refractivity contribution in [2.24, 2.45) is 5.10 Å². The molecule has 28 heavy (non-hydrogen) atoms. The lowest BCUT2D eigenvalue weighted by Crippen LogP contribution is -2.35. The summed E-state index contributed by atoms with van der Waals surface area (Å²) in [6.45, 7) is -0.266. The summed E-state index contributed by atoms with van der Waals surface area (Å²) in [7, 11) is 1.33. The molecule has 0 saturated heterocycles. The molecule has 146 valence electrons. The summed E-state index contributed by atoms with van der Waals surface area (Å²) in [5.41, 5.74) is 3.05. The van der Waals surface area contributed by atoms with E-state index in [0.717, 1.165) is 4.47 Å². The van der Waals surface area contributed by atoms with Gasteiger partial charge in [-0.15, -0.1) is 0 Å². The van der Waals surface area contributed by atoms with Crippen LogP contribution in [0.25, 0.3) is 0 Å². The topological polar surface area (TPSA) is 109 Å². The quantitative estimate of drug-likeness (QED) is 0.344. The van der Waals surface area contributed by atoms with Crippen LogP contribution < -0.4 is 20.8 Å². The summed E-state index contributed by atoms with van der Waals surface area (Å²) in [6.07, 6.45) is 1.30. The van der Waals surface area contributed by atoms with Crippen LogP contribution in [-0.2, 0) is 14.4 Å². The Hall–Kier alpha value is -2.91. The highest BCUT2D eigenvalue weighted by Crippen LogP contribution is 2.23. The Morgan fingerprint density at radius 1 is 1.18 bits per heavy atom. The molecule has 0 aliphatic carbocycles. The molecule has 0 fully saturated rings. The number of hydrazone groups is 1. The van der Waals surface area contributed by atoms with Crippen molar-refractivity contribution in [2.75, 3.05) is 19.0 Å². The maximum Gasteiger partial charge on any atom is 0.329 e. The van der Waals surface area contributed by atoms with Crippen molar-refractivity contribution in [3.63, 3.8) is 0 Å². The maximum absolute atomic E-state index is 12.1. The molecule has 2 rings (SSSR count). The molecule has 0 radical (unpaired) electrons. The van der Waals surface area contributed by atoms with E-state index in [1.165, 1.54) is 13.3 Å². The second-order valence-corrected chi connectivity index (χ2v) is 6.60. The fourth-order valence-corrected chi connectivity index (χ4v) is 2.53. The fraction of sp³-hybridized carbons (Fsp3) is 0.111. The third-order valence-corrected chi connectivity index (χ3v) is 4.10. The minimum absolute atomic E-state index is 0.266. The SMILES string of the molecule is CNC(=O)C(=O)N/N=C\c1cc(Br)ccc1OCC(=O)Nc1ccccc1Cl. The molecule has 0 saturated carbocycles. The summed E-state index contributed by atoms with van der Waals surface area (Å²) < 4.78 is 6.27. The lowest BCUT2D eigenvalue weighted by atomic mass is 10.2. The molecule has 0 heterocycles. The highest BCUT2D eigenvalue weighted by atomic mass is 79.9. The van der Waals surface area contributed by atoms with Crippen LogP contribution in [0, 0.1) is 0 Å². The van der Waals surface area contributed by atoms with E-state index in [9.17, 15) is 14.4 Å². The number of anilines is 1. The average Bonchev–Trinajstić information content (AvgIpc) is 2.68. The molecule has 0 aliphatic rings. The van der Waals surface area contributed by atoms with Crippen LogP contribution in [0.15, 0.2) is 52.0 Å².